The minimum atomic E-state index is -3.69. The molecule has 0 radical (unpaired) electrons. The third-order valence-corrected chi connectivity index (χ3v) is 7.96. The Kier molecular flexibility index (Phi) is 7.01. The molecule has 0 bridgehead atoms. The Morgan fingerprint density at radius 2 is 1.59 bits per heavy atom. The number of carbonyl (C=O) groups is 1. The summed E-state index contributed by atoms with van der Waals surface area (Å²) in [5.74, 6) is 1.34. The van der Waals surface area contributed by atoms with Crippen molar-refractivity contribution in [2.24, 2.45) is 0 Å². The van der Waals surface area contributed by atoms with Crippen LogP contribution < -0.4 is 9.47 Å². The summed E-state index contributed by atoms with van der Waals surface area (Å²) in [6.45, 7) is 3.98. The maximum Gasteiger partial charge on any atom is 0.243 e. The predicted molar refractivity (Wildman–Crippen MR) is 121 cm³/mol. The molecule has 1 amide bonds. The average Bonchev–Trinajstić information content (AvgIpc) is 3.32. The third-order valence-electron chi connectivity index (χ3n) is 6.03. The van der Waals surface area contributed by atoms with E-state index in [9.17, 15) is 13.2 Å². The van der Waals surface area contributed by atoms with Crippen LogP contribution in [0, 0.1) is 0 Å². The molecule has 2 aliphatic rings. The van der Waals surface area contributed by atoms with Gasteiger partial charge in [-0.2, -0.15) is 4.31 Å². The van der Waals surface area contributed by atoms with E-state index in [1.54, 1.807) is 35.2 Å². The van der Waals surface area contributed by atoms with Crippen LogP contribution in [-0.2, 0) is 14.8 Å². The van der Waals surface area contributed by atoms with Crippen molar-refractivity contribution >= 4 is 15.9 Å². The number of piperidine rings is 1. The van der Waals surface area contributed by atoms with Crippen LogP contribution in [0.25, 0.3) is 0 Å². The maximum atomic E-state index is 13.3. The molecule has 0 saturated carbocycles. The minimum absolute atomic E-state index is 0.00612. The van der Waals surface area contributed by atoms with E-state index in [4.69, 9.17) is 9.47 Å². The second-order valence-electron chi connectivity index (χ2n) is 8.11. The lowest BCUT2D eigenvalue weighted by atomic mass is 10.1. The van der Waals surface area contributed by atoms with Gasteiger partial charge in [0, 0.05) is 32.5 Å². The number of nitrogens with zero attached hydrogens (tertiary/aromatic N) is 2. The summed E-state index contributed by atoms with van der Waals surface area (Å²) in [5.41, 5.74) is 0. The number of likely N-dealkylation sites (tertiary alicyclic amines) is 1. The molecule has 2 heterocycles. The molecular formula is C24H30N2O5S. The number of hydrogen-bond acceptors (Lipinski definition) is 5. The van der Waals surface area contributed by atoms with Crippen molar-refractivity contribution in [1.29, 1.82) is 0 Å². The highest BCUT2D eigenvalue weighted by Crippen LogP contribution is 2.31. The van der Waals surface area contributed by atoms with Crippen LogP contribution in [0.3, 0.4) is 0 Å². The fourth-order valence-electron chi connectivity index (χ4n) is 4.41. The molecule has 2 aromatic rings. The SMILES string of the molecule is CCOc1ccccc1OC1CCN(C(=O)C2CCCN2S(=O)(=O)c2ccccc2)CC1. The molecule has 172 valence electrons. The van der Waals surface area contributed by atoms with Gasteiger partial charge in [0.25, 0.3) is 0 Å². The highest BCUT2D eigenvalue weighted by atomic mass is 32.2. The van der Waals surface area contributed by atoms with Gasteiger partial charge in [0.1, 0.15) is 12.1 Å². The molecule has 2 aliphatic heterocycles. The van der Waals surface area contributed by atoms with Crippen molar-refractivity contribution in [2.45, 2.75) is 49.6 Å². The monoisotopic (exact) mass is 458 g/mol. The lowest BCUT2D eigenvalue weighted by Crippen LogP contribution is -2.50. The van der Waals surface area contributed by atoms with Gasteiger partial charge in [0.15, 0.2) is 11.5 Å². The second kappa shape index (κ2) is 9.92. The van der Waals surface area contributed by atoms with Crippen molar-refractivity contribution < 1.29 is 22.7 Å². The van der Waals surface area contributed by atoms with Gasteiger partial charge in [-0.15, -0.1) is 0 Å². The van der Waals surface area contributed by atoms with Crippen LogP contribution in [0.5, 0.6) is 11.5 Å². The molecule has 1 unspecified atom stereocenters. The van der Waals surface area contributed by atoms with Crippen LogP contribution in [0.4, 0.5) is 0 Å². The first kappa shape index (κ1) is 22.6. The predicted octanol–water partition coefficient (Wildman–Crippen LogP) is 3.31. The molecule has 4 rings (SSSR count). The number of rotatable bonds is 7. The van der Waals surface area contributed by atoms with E-state index in [1.807, 2.05) is 31.2 Å². The van der Waals surface area contributed by atoms with Crippen molar-refractivity contribution in [2.75, 3.05) is 26.2 Å². The Morgan fingerprint density at radius 1 is 0.938 bits per heavy atom. The zero-order valence-electron chi connectivity index (χ0n) is 18.4. The summed E-state index contributed by atoms with van der Waals surface area (Å²) in [7, 11) is -3.69. The number of sulfonamides is 1. The van der Waals surface area contributed by atoms with Crippen LogP contribution in [0.15, 0.2) is 59.5 Å². The van der Waals surface area contributed by atoms with Gasteiger partial charge in [-0.05, 0) is 44.0 Å². The van der Waals surface area contributed by atoms with Crippen LogP contribution in [0.1, 0.15) is 32.6 Å². The van der Waals surface area contributed by atoms with Crippen LogP contribution >= 0.6 is 0 Å². The Morgan fingerprint density at radius 3 is 2.28 bits per heavy atom. The summed E-state index contributed by atoms with van der Waals surface area (Å²) < 4.78 is 39.4. The molecule has 2 aromatic carbocycles. The van der Waals surface area contributed by atoms with E-state index in [1.165, 1.54) is 4.31 Å². The van der Waals surface area contributed by atoms with Gasteiger partial charge in [0.05, 0.1) is 11.5 Å². The van der Waals surface area contributed by atoms with Crippen molar-refractivity contribution in [3.8, 4) is 11.5 Å². The summed E-state index contributed by atoms with van der Waals surface area (Å²) >= 11 is 0. The van der Waals surface area contributed by atoms with Crippen LogP contribution in [-0.4, -0.2) is 61.9 Å². The summed E-state index contributed by atoms with van der Waals surface area (Å²) in [6.07, 6.45) is 2.64. The first-order chi connectivity index (χ1) is 15.5. The van der Waals surface area contributed by atoms with Gasteiger partial charge in [-0.25, -0.2) is 8.42 Å². The number of amides is 1. The number of benzene rings is 2. The van der Waals surface area contributed by atoms with Crippen molar-refractivity contribution in [3.63, 3.8) is 0 Å². The standard InChI is InChI=1S/C24H30N2O5S/c1-2-30-22-12-6-7-13-23(22)31-19-14-17-25(18-15-19)24(27)21-11-8-16-26(21)32(28,29)20-9-4-3-5-10-20/h3-7,9-10,12-13,19,21H,2,8,11,14-18H2,1H3. The van der Waals surface area contributed by atoms with Gasteiger partial charge in [0.2, 0.25) is 15.9 Å². The largest absolute Gasteiger partial charge is 0.490 e. The molecule has 0 aliphatic carbocycles. The van der Waals surface area contributed by atoms with E-state index in [0.717, 1.165) is 11.5 Å². The number of ether oxygens (including phenoxy) is 2. The minimum Gasteiger partial charge on any atom is -0.490 e. The van der Waals surface area contributed by atoms with E-state index < -0.39 is 16.1 Å². The fourth-order valence-corrected chi connectivity index (χ4v) is 6.08. The lowest BCUT2D eigenvalue weighted by Gasteiger charge is -2.35. The van der Waals surface area contributed by atoms with Gasteiger partial charge in [-0.1, -0.05) is 30.3 Å². The van der Waals surface area contributed by atoms with Crippen LogP contribution in [0.2, 0.25) is 0 Å². The zero-order chi connectivity index (χ0) is 22.6. The van der Waals surface area contributed by atoms with Crippen molar-refractivity contribution in [3.05, 3.63) is 54.6 Å². The highest BCUT2D eigenvalue weighted by Gasteiger charge is 2.41. The molecule has 0 aromatic heterocycles. The first-order valence-electron chi connectivity index (χ1n) is 11.2. The second-order valence-corrected chi connectivity index (χ2v) is 10.00. The van der Waals surface area contributed by atoms with Gasteiger partial charge >= 0.3 is 0 Å². The quantitative estimate of drug-likeness (QED) is 0.636. The lowest BCUT2D eigenvalue weighted by molar-refractivity contribution is -0.136. The zero-order valence-corrected chi connectivity index (χ0v) is 19.2. The average molecular weight is 459 g/mol. The Labute approximate surface area is 190 Å². The van der Waals surface area contributed by atoms with Gasteiger partial charge in [-0.3, -0.25) is 4.79 Å². The third kappa shape index (κ3) is 4.76. The molecule has 0 N–H and O–H groups in total. The first-order valence-corrected chi connectivity index (χ1v) is 12.7. The molecule has 2 saturated heterocycles. The van der Waals surface area contributed by atoms with E-state index >= 15 is 0 Å². The molecule has 2 fully saturated rings. The maximum absolute atomic E-state index is 13.3. The molecule has 32 heavy (non-hydrogen) atoms. The number of hydrogen-bond donors (Lipinski definition) is 0. The fraction of sp³-hybridized carbons (Fsp3) is 0.458. The van der Waals surface area contributed by atoms with Gasteiger partial charge < -0.3 is 14.4 Å². The number of para-hydroxylation sites is 2. The molecule has 1 atom stereocenters. The summed E-state index contributed by atoms with van der Waals surface area (Å²) in [5, 5.41) is 0. The van der Waals surface area contributed by atoms with E-state index in [2.05, 4.69) is 0 Å². The molecule has 8 heteroatoms. The Hall–Kier alpha value is -2.58. The normalized spacial score (nSPS) is 20.3. The molecular weight excluding hydrogens is 428 g/mol. The summed E-state index contributed by atoms with van der Waals surface area (Å²) in [6, 6.07) is 15.3. The Bertz CT molecular complexity index is 1020. The molecule has 7 nitrogen and oxygen atoms in total. The summed E-state index contributed by atoms with van der Waals surface area (Å²) in [4.78, 5) is 15.3. The topological polar surface area (TPSA) is 76.2 Å². The molecule has 0 spiro atoms. The van der Waals surface area contributed by atoms with E-state index in [-0.39, 0.29) is 16.9 Å². The smallest absolute Gasteiger partial charge is 0.243 e. The van der Waals surface area contributed by atoms with E-state index in [0.29, 0.717) is 51.9 Å². The van der Waals surface area contributed by atoms with Crippen molar-refractivity contribution in [1.82, 2.24) is 9.21 Å². The Balaban J connectivity index is 1.38. The highest BCUT2D eigenvalue weighted by molar-refractivity contribution is 7.89. The number of carbonyl (C=O) groups excluding carboxylic acids is 1.